The summed E-state index contributed by atoms with van der Waals surface area (Å²) in [7, 11) is 0. The number of rotatable bonds is 4. The van der Waals surface area contributed by atoms with Crippen molar-refractivity contribution in [3.63, 3.8) is 0 Å². The molecule has 0 spiro atoms. The van der Waals surface area contributed by atoms with Gasteiger partial charge in [-0.3, -0.25) is 4.79 Å². The van der Waals surface area contributed by atoms with Crippen molar-refractivity contribution in [3.05, 3.63) is 46.0 Å². The van der Waals surface area contributed by atoms with Gasteiger partial charge >= 0.3 is 0 Å². The van der Waals surface area contributed by atoms with Crippen molar-refractivity contribution in [2.24, 2.45) is 0 Å². The lowest BCUT2D eigenvalue weighted by atomic mass is 10.00. The lowest BCUT2D eigenvalue weighted by Gasteiger charge is -2.26. The summed E-state index contributed by atoms with van der Waals surface area (Å²) in [6.45, 7) is 5.05. The number of aromatic nitrogens is 1. The zero-order valence-electron chi connectivity index (χ0n) is 15.9. The van der Waals surface area contributed by atoms with Gasteiger partial charge in [0, 0.05) is 48.3 Å². The monoisotopic (exact) mass is 504 g/mol. The van der Waals surface area contributed by atoms with E-state index < -0.39 is 0 Å². The van der Waals surface area contributed by atoms with Crippen molar-refractivity contribution in [1.82, 2.24) is 10.5 Å². The Hall–Kier alpha value is -2.59. The summed E-state index contributed by atoms with van der Waals surface area (Å²) in [5.74, 6) is 1.33. The van der Waals surface area contributed by atoms with Gasteiger partial charge in [-0.15, -0.1) is 0 Å². The maximum atomic E-state index is 11.3. The first-order chi connectivity index (χ1) is 14.0. The predicted octanol–water partition coefficient (Wildman–Crippen LogP) is 3.69. The van der Waals surface area contributed by atoms with E-state index in [9.17, 15) is 9.90 Å². The Labute approximate surface area is 182 Å². The van der Waals surface area contributed by atoms with Crippen LogP contribution in [0.5, 0.6) is 5.75 Å². The molecule has 0 radical (unpaired) electrons. The molecule has 0 saturated carbocycles. The van der Waals surface area contributed by atoms with E-state index >= 15 is 0 Å². The molecule has 1 aliphatic rings. The van der Waals surface area contributed by atoms with Crippen LogP contribution in [0.1, 0.15) is 6.92 Å². The Morgan fingerprint density at radius 1 is 1.21 bits per heavy atom. The number of aromatic hydroxyl groups is 1. The smallest absolute Gasteiger partial charge is 0.221 e. The number of anilines is 2. The highest BCUT2D eigenvalue weighted by Crippen LogP contribution is 2.40. The second-order valence-electron chi connectivity index (χ2n) is 6.86. The lowest BCUT2D eigenvalue weighted by molar-refractivity contribution is -0.114. The molecule has 3 aromatic rings. The Bertz CT molecular complexity index is 1040. The van der Waals surface area contributed by atoms with Crippen molar-refractivity contribution >= 4 is 40.0 Å². The first-order valence-corrected chi connectivity index (χ1v) is 10.4. The standard InChI is InChI=1S/C21H21IN4O3/c1-13(27)24-18-6-5-14(11-17(18)22)15-3-2-4-16(21(15)28)19-12-20(25-29-19)26-9-7-23-8-10-26/h2-6,11-12,23,28H,7-10H2,1H3,(H,24,27). The van der Waals surface area contributed by atoms with Gasteiger partial charge in [-0.05, 0) is 46.4 Å². The SMILES string of the molecule is CC(=O)Nc1ccc(-c2cccc(-c3cc(N4CCNCC4)no3)c2O)cc1I. The van der Waals surface area contributed by atoms with Gasteiger partial charge in [0.2, 0.25) is 5.91 Å². The number of phenolic OH excluding ortho intramolecular Hbond substituents is 1. The zero-order valence-corrected chi connectivity index (χ0v) is 18.1. The van der Waals surface area contributed by atoms with Gasteiger partial charge in [0.15, 0.2) is 11.6 Å². The molecule has 7 nitrogen and oxygen atoms in total. The number of para-hydroxylation sites is 1. The van der Waals surface area contributed by atoms with Crippen LogP contribution in [0.15, 0.2) is 47.0 Å². The van der Waals surface area contributed by atoms with Crippen LogP contribution in [0.3, 0.4) is 0 Å². The molecule has 2 aromatic carbocycles. The highest BCUT2D eigenvalue weighted by atomic mass is 127. The lowest BCUT2D eigenvalue weighted by Crippen LogP contribution is -2.43. The van der Waals surface area contributed by atoms with Gasteiger partial charge in [-0.25, -0.2) is 0 Å². The molecule has 1 aliphatic heterocycles. The van der Waals surface area contributed by atoms with E-state index in [-0.39, 0.29) is 11.7 Å². The van der Waals surface area contributed by atoms with Gasteiger partial charge < -0.3 is 25.2 Å². The number of nitrogens with one attached hydrogen (secondary N) is 2. The minimum atomic E-state index is -0.119. The third-order valence-corrected chi connectivity index (χ3v) is 5.72. The molecule has 1 fully saturated rings. The zero-order chi connectivity index (χ0) is 20.4. The maximum absolute atomic E-state index is 11.3. The molecular formula is C21H21IN4O3. The van der Waals surface area contributed by atoms with E-state index in [1.165, 1.54) is 6.92 Å². The molecule has 0 unspecified atom stereocenters. The Morgan fingerprint density at radius 3 is 2.69 bits per heavy atom. The predicted molar refractivity (Wildman–Crippen MR) is 121 cm³/mol. The highest BCUT2D eigenvalue weighted by molar-refractivity contribution is 14.1. The fraction of sp³-hybridized carbons (Fsp3) is 0.238. The van der Waals surface area contributed by atoms with Crippen molar-refractivity contribution < 1.29 is 14.4 Å². The van der Waals surface area contributed by atoms with E-state index in [0.29, 0.717) is 16.9 Å². The molecule has 0 aliphatic carbocycles. The largest absolute Gasteiger partial charge is 0.507 e. The Kier molecular flexibility index (Phi) is 5.72. The number of phenols is 1. The molecule has 1 aromatic heterocycles. The minimum Gasteiger partial charge on any atom is -0.507 e. The Balaban J connectivity index is 1.65. The third-order valence-electron chi connectivity index (χ3n) is 4.83. The number of carbonyl (C=O) groups excluding carboxylic acids is 1. The van der Waals surface area contributed by atoms with Crippen LogP contribution in [0.4, 0.5) is 11.5 Å². The van der Waals surface area contributed by atoms with Crippen LogP contribution in [0.25, 0.3) is 22.5 Å². The van der Waals surface area contributed by atoms with Crippen LogP contribution >= 0.6 is 22.6 Å². The average molecular weight is 504 g/mol. The number of hydrogen-bond acceptors (Lipinski definition) is 6. The first-order valence-electron chi connectivity index (χ1n) is 9.35. The number of nitrogens with zero attached hydrogens (tertiary/aromatic N) is 2. The van der Waals surface area contributed by atoms with Gasteiger partial charge in [0.1, 0.15) is 5.75 Å². The third kappa shape index (κ3) is 4.23. The van der Waals surface area contributed by atoms with Gasteiger partial charge in [-0.2, -0.15) is 0 Å². The molecule has 4 rings (SSSR count). The van der Waals surface area contributed by atoms with E-state index in [1.54, 1.807) is 0 Å². The molecule has 2 heterocycles. The molecule has 0 atom stereocenters. The molecule has 1 saturated heterocycles. The van der Waals surface area contributed by atoms with Crippen LogP contribution in [0.2, 0.25) is 0 Å². The van der Waals surface area contributed by atoms with Gasteiger partial charge in [-0.1, -0.05) is 23.4 Å². The summed E-state index contributed by atoms with van der Waals surface area (Å²) < 4.78 is 6.43. The van der Waals surface area contributed by atoms with E-state index in [0.717, 1.165) is 46.8 Å². The number of piperazine rings is 1. The summed E-state index contributed by atoms with van der Waals surface area (Å²) in [6, 6.07) is 13.1. The highest BCUT2D eigenvalue weighted by Gasteiger charge is 2.19. The van der Waals surface area contributed by atoms with Gasteiger partial charge in [0.25, 0.3) is 0 Å². The quantitative estimate of drug-likeness (QED) is 0.470. The van der Waals surface area contributed by atoms with Crippen LogP contribution in [-0.2, 0) is 4.79 Å². The Morgan fingerprint density at radius 2 is 1.97 bits per heavy atom. The van der Waals surface area contributed by atoms with E-state index in [4.69, 9.17) is 4.52 Å². The topological polar surface area (TPSA) is 90.6 Å². The summed E-state index contributed by atoms with van der Waals surface area (Å²) in [5, 5.41) is 21.2. The molecule has 150 valence electrons. The second-order valence-corrected chi connectivity index (χ2v) is 8.03. The van der Waals surface area contributed by atoms with E-state index in [2.05, 4.69) is 43.3 Å². The molecule has 3 N–H and O–H groups in total. The average Bonchev–Trinajstić information content (AvgIpc) is 3.20. The summed E-state index contributed by atoms with van der Waals surface area (Å²) in [5.41, 5.74) is 2.88. The fourth-order valence-corrected chi connectivity index (χ4v) is 4.03. The molecule has 29 heavy (non-hydrogen) atoms. The number of carbonyl (C=O) groups is 1. The number of halogens is 1. The van der Waals surface area contributed by atoms with Crippen molar-refractivity contribution in [3.8, 4) is 28.2 Å². The van der Waals surface area contributed by atoms with Crippen LogP contribution in [0, 0.1) is 3.57 Å². The number of hydrogen-bond donors (Lipinski definition) is 3. The van der Waals surface area contributed by atoms with Gasteiger partial charge in [0.05, 0.1) is 11.3 Å². The number of amides is 1. The molecule has 8 heteroatoms. The van der Waals surface area contributed by atoms with E-state index in [1.807, 2.05) is 42.5 Å². The fourth-order valence-electron chi connectivity index (χ4n) is 3.38. The van der Waals surface area contributed by atoms with Crippen molar-refractivity contribution in [2.75, 3.05) is 36.4 Å². The van der Waals surface area contributed by atoms with Crippen molar-refractivity contribution in [2.45, 2.75) is 6.92 Å². The molecular weight excluding hydrogens is 483 g/mol. The molecule has 0 bridgehead atoms. The van der Waals surface area contributed by atoms with Crippen LogP contribution < -0.4 is 15.5 Å². The van der Waals surface area contributed by atoms with Crippen LogP contribution in [-0.4, -0.2) is 42.3 Å². The normalized spacial score (nSPS) is 14.1. The van der Waals surface area contributed by atoms with Crippen molar-refractivity contribution in [1.29, 1.82) is 0 Å². The molecule has 1 amide bonds. The second kappa shape index (κ2) is 8.42. The minimum absolute atomic E-state index is 0.119. The summed E-state index contributed by atoms with van der Waals surface area (Å²) in [6.07, 6.45) is 0. The number of benzene rings is 2. The summed E-state index contributed by atoms with van der Waals surface area (Å²) in [4.78, 5) is 13.5. The summed E-state index contributed by atoms with van der Waals surface area (Å²) >= 11 is 2.17. The maximum Gasteiger partial charge on any atom is 0.221 e. The first kappa shape index (κ1) is 19.7.